The van der Waals surface area contributed by atoms with Crippen molar-refractivity contribution in [2.75, 3.05) is 12.3 Å². The number of aromatic nitrogens is 3. The minimum atomic E-state index is -0.340. The molecule has 0 radical (unpaired) electrons. The summed E-state index contributed by atoms with van der Waals surface area (Å²) < 4.78 is 1.86. The molecule has 0 saturated heterocycles. The van der Waals surface area contributed by atoms with Crippen molar-refractivity contribution in [2.45, 2.75) is 6.54 Å². The Kier molecular flexibility index (Phi) is 3.78. The normalized spacial score (nSPS) is 10.3. The van der Waals surface area contributed by atoms with Crippen molar-refractivity contribution >= 4 is 23.3 Å². The molecule has 2 rings (SSSR count). The predicted molar refractivity (Wildman–Crippen MR) is 68.2 cm³/mol. The van der Waals surface area contributed by atoms with E-state index in [-0.39, 0.29) is 22.4 Å². The molecule has 0 aliphatic heterocycles. The van der Waals surface area contributed by atoms with E-state index < -0.39 is 0 Å². The van der Waals surface area contributed by atoms with Crippen LogP contribution >= 0.6 is 11.6 Å². The third-order valence-corrected chi connectivity index (χ3v) is 2.60. The van der Waals surface area contributed by atoms with Gasteiger partial charge in [0.15, 0.2) is 0 Å². The number of anilines is 1. The summed E-state index contributed by atoms with van der Waals surface area (Å²) >= 11 is 5.88. The van der Waals surface area contributed by atoms with Gasteiger partial charge in [0.1, 0.15) is 11.5 Å². The molecule has 2 aromatic rings. The van der Waals surface area contributed by atoms with Crippen LogP contribution < -0.4 is 11.1 Å². The number of nitrogens with zero attached hydrogens (tertiary/aromatic N) is 3. The summed E-state index contributed by atoms with van der Waals surface area (Å²) in [5.41, 5.74) is 5.65. The molecule has 0 spiro atoms. The lowest BCUT2D eigenvalue weighted by molar-refractivity contribution is 0.0947. The molecule has 94 valence electrons. The number of halogens is 1. The van der Waals surface area contributed by atoms with Crippen LogP contribution in [0.25, 0.3) is 0 Å². The molecule has 0 bridgehead atoms. The van der Waals surface area contributed by atoms with Crippen molar-refractivity contribution < 1.29 is 4.79 Å². The smallest absolute Gasteiger partial charge is 0.271 e. The monoisotopic (exact) mass is 265 g/mol. The number of hydrogen-bond acceptors (Lipinski definition) is 4. The Labute approximate surface area is 109 Å². The lowest BCUT2D eigenvalue weighted by Crippen LogP contribution is -2.28. The predicted octanol–water partition coefficient (Wildman–Crippen LogP) is 0.944. The Morgan fingerprint density at radius 1 is 1.50 bits per heavy atom. The van der Waals surface area contributed by atoms with E-state index in [0.29, 0.717) is 13.1 Å². The van der Waals surface area contributed by atoms with Gasteiger partial charge in [0.25, 0.3) is 5.91 Å². The van der Waals surface area contributed by atoms with Crippen LogP contribution in [-0.2, 0) is 6.54 Å². The number of rotatable bonds is 4. The first-order valence-corrected chi connectivity index (χ1v) is 5.70. The first-order chi connectivity index (χ1) is 8.66. The van der Waals surface area contributed by atoms with Crippen LogP contribution in [0.3, 0.4) is 0 Å². The standard InChI is InChI=1S/C11H12ClN5O/c12-8-1-2-9(13)16-10(8)11(18)15-4-6-17-5-3-14-7-17/h1-3,5,7H,4,6H2,(H2,13,16)(H,15,18). The number of imidazole rings is 1. The fourth-order valence-corrected chi connectivity index (χ4v) is 1.61. The molecule has 6 nitrogen and oxygen atoms in total. The summed E-state index contributed by atoms with van der Waals surface area (Å²) in [6.07, 6.45) is 5.17. The third-order valence-electron chi connectivity index (χ3n) is 2.30. The summed E-state index contributed by atoms with van der Waals surface area (Å²) in [4.78, 5) is 19.6. The average Bonchev–Trinajstić information content (AvgIpc) is 2.85. The summed E-state index contributed by atoms with van der Waals surface area (Å²) in [6, 6.07) is 3.10. The first-order valence-electron chi connectivity index (χ1n) is 5.33. The molecule has 1 amide bonds. The fraction of sp³-hybridized carbons (Fsp3) is 0.182. The molecule has 0 aliphatic carbocycles. The zero-order chi connectivity index (χ0) is 13.0. The van der Waals surface area contributed by atoms with E-state index >= 15 is 0 Å². The second-order valence-corrected chi connectivity index (χ2v) is 4.03. The maximum atomic E-state index is 11.8. The molecule has 0 aromatic carbocycles. The lowest BCUT2D eigenvalue weighted by Gasteiger charge is -2.07. The van der Waals surface area contributed by atoms with Gasteiger partial charge in [0.05, 0.1) is 11.3 Å². The Morgan fingerprint density at radius 3 is 3.06 bits per heavy atom. The van der Waals surface area contributed by atoms with Gasteiger partial charge in [-0.15, -0.1) is 0 Å². The molecule has 0 atom stereocenters. The Balaban J connectivity index is 1.93. The van der Waals surface area contributed by atoms with E-state index in [0.717, 1.165) is 0 Å². The number of pyridine rings is 1. The lowest BCUT2D eigenvalue weighted by atomic mass is 10.3. The second kappa shape index (κ2) is 5.50. The minimum Gasteiger partial charge on any atom is -0.384 e. The summed E-state index contributed by atoms with van der Waals surface area (Å²) in [5.74, 6) is -0.0772. The Hall–Kier alpha value is -2.08. The molecule has 0 aliphatic rings. The second-order valence-electron chi connectivity index (χ2n) is 3.62. The highest BCUT2D eigenvalue weighted by Gasteiger charge is 2.11. The highest BCUT2D eigenvalue weighted by molar-refractivity contribution is 6.33. The number of hydrogen-bond donors (Lipinski definition) is 2. The van der Waals surface area contributed by atoms with Crippen molar-refractivity contribution in [3.63, 3.8) is 0 Å². The minimum absolute atomic E-state index is 0.141. The van der Waals surface area contributed by atoms with Crippen LogP contribution in [0.15, 0.2) is 30.9 Å². The third kappa shape index (κ3) is 2.98. The van der Waals surface area contributed by atoms with Crippen LogP contribution in [0, 0.1) is 0 Å². The molecule has 0 fully saturated rings. The zero-order valence-electron chi connectivity index (χ0n) is 9.51. The molecule has 7 heteroatoms. The number of nitrogen functional groups attached to an aromatic ring is 1. The Morgan fingerprint density at radius 2 is 2.33 bits per heavy atom. The van der Waals surface area contributed by atoms with Crippen LogP contribution in [-0.4, -0.2) is 27.0 Å². The quantitative estimate of drug-likeness (QED) is 0.862. The van der Waals surface area contributed by atoms with E-state index in [4.69, 9.17) is 17.3 Å². The number of carbonyl (C=O) groups is 1. The Bertz CT molecular complexity index is 540. The maximum absolute atomic E-state index is 11.8. The molecule has 0 saturated carbocycles. The van der Waals surface area contributed by atoms with Gasteiger partial charge in [0, 0.05) is 25.5 Å². The van der Waals surface area contributed by atoms with Crippen molar-refractivity contribution in [2.24, 2.45) is 0 Å². The van der Waals surface area contributed by atoms with E-state index in [2.05, 4.69) is 15.3 Å². The first kappa shape index (κ1) is 12.4. The van der Waals surface area contributed by atoms with Crippen LogP contribution in [0.5, 0.6) is 0 Å². The van der Waals surface area contributed by atoms with Gasteiger partial charge in [-0.25, -0.2) is 9.97 Å². The van der Waals surface area contributed by atoms with Gasteiger partial charge in [0.2, 0.25) is 0 Å². The van der Waals surface area contributed by atoms with E-state index in [1.54, 1.807) is 24.7 Å². The highest BCUT2D eigenvalue weighted by Crippen LogP contribution is 2.14. The van der Waals surface area contributed by atoms with Gasteiger partial charge in [-0.05, 0) is 12.1 Å². The van der Waals surface area contributed by atoms with Gasteiger partial charge >= 0.3 is 0 Å². The largest absolute Gasteiger partial charge is 0.384 e. The number of carbonyl (C=O) groups excluding carboxylic acids is 1. The highest BCUT2D eigenvalue weighted by atomic mass is 35.5. The average molecular weight is 266 g/mol. The van der Waals surface area contributed by atoms with Crippen molar-refractivity contribution in [3.8, 4) is 0 Å². The van der Waals surface area contributed by atoms with Gasteiger partial charge in [-0.2, -0.15) is 0 Å². The van der Waals surface area contributed by atoms with E-state index in [1.165, 1.54) is 0 Å². The van der Waals surface area contributed by atoms with E-state index in [1.807, 2.05) is 10.8 Å². The van der Waals surface area contributed by atoms with Crippen LogP contribution in [0.2, 0.25) is 5.02 Å². The van der Waals surface area contributed by atoms with Crippen molar-refractivity contribution in [1.82, 2.24) is 19.9 Å². The number of nitrogens with two attached hydrogens (primary N) is 1. The van der Waals surface area contributed by atoms with Crippen molar-refractivity contribution in [3.05, 3.63) is 41.6 Å². The molecule has 3 N–H and O–H groups in total. The van der Waals surface area contributed by atoms with Gasteiger partial charge < -0.3 is 15.6 Å². The SMILES string of the molecule is Nc1ccc(Cl)c(C(=O)NCCn2ccnc2)n1. The van der Waals surface area contributed by atoms with E-state index in [9.17, 15) is 4.79 Å². The van der Waals surface area contributed by atoms with Gasteiger partial charge in [-0.1, -0.05) is 11.6 Å². The number of nitrogens with one attached hydrogen (secondary N) is 1. The van der Waals surface area contributed by atoms with Crippen LogP contribution in [0.4, 0.5) is 5.82 Å². The molecule has 18 heavy (non-hydrogen) atoms. The number of amides is 1. The topological polar surface area (TPSA) is 85.8 Å². The van der Waals surface area contributed by atoms with Crippen LogP contribution in [0.1, 0.15) is 10.5 Å². The van der Waals surface area contributed by atoms with Gasteiger partial charge in [-0.3, -0.25) is 4.79 Å². The summed E-state index contributed by atoms with van der Waals surface area (Å²) in [6.45, 7) is 1.09. The molecular formula is C11H12ClN5O. The fourth-order valence-electron chi connectivity index (χ4n) is 1.42. The van der Waals surface area contributed by atoms with Crippen molar-refractivity contribution in [1.29, 1.82) is 0 Å². The molecular weight excluding hydrogens is 254 g/mol. The molecule has 2 heterocycles. The molecule has 0 unspecified atom stereocenters. The molecule has 2 aromatic heterocycles. The summed E-state index contributed by atoms with van der Waals surface area (Å²) in [7, 11) is 0. The summed E-state index contributed by atoms with van der Waals surface area (Å²) in [5, 5.41) is 3.00. The zero-order valence-corrected chi connectivity index (χ0v) is 10.3. The maximum Gasteiger partial charge on any atom is 0.271 e.